The molecule has 1 rings (SSSR count). The fourth-order valence-corrected chi connectivity index (χ4v) is 1.97. The molecule has 0 saturated carbocycles. The first kappa shape index (κ1) is 14.3. The maximum Gasteiger partial charge on any atom is 0.337 e. The van der Waals surface area contributed by atoms with Crippen LogP contribution in [-0.4, -0.2) is 22.1 Å². The van der Waals surface area contributed by atoms with E-state index in [-0.39, 0.29) is 5.88 Å². The fraction of sp³-hybridized carbons (Fsp3) is 0.417. The van der Waals surface area contributed by atoms with E-state index in [1.807, 2.05) is 6.07 Å². The number of carboxylic acids is 1. The summed E-state index contributed by atoms with van der Waals surface area (Å²) < 4.78 is 0. The lowest BCUT2D eigenvalue weighted by atomic mass is 9.99. The van der Waals surface area contributed by atoms with E-state index >= 15 is 0 Å². The monoisotopic (exact) mass is 276 g/mol. The summed E-state index contributed by atoms with van der Waals surface area (Å²) in [4.78, 5) is 10.7. The molecule has 0 aliphatic heterocycles. The van der Waals surface area contributed by atoms with Gasteiger partial charge in [-0.05, 0) is 29.5 Å². The van der Waals surface area contributed by atoms with Crippen LogP contribution in [0, 0.1) is 0 Å². The van der Waals surface area contributed by atoms with E-state index in [4.69, 9.17) is 28.3 Å². The summed E-state index contributed by atoms with van der Waals surface area (Å²) >= 11 is 11.4. The SMILES string of the molecule is O=C(O)C(O)c1ccc(CCCCl)cc1CCl. The molecule has 2 N–H and O–H groups in total. The number of rotatable bonds is 6. The van der Waals surface area contributed by atoms with Crippen molar-refractivity contribution in [3.63, 3.8) is 0 Å². The van der Waals surface area contributed by atoms with Crippen LogP contribution in [0.3, 0.4) is 0 Å². The van der Waals surface area contributed by atoms with Crippen LogP contribution in [-0.2, 0) is 17.1 Å². The zero-order valence-electron chi connectivity index (χ0n) is 9.20. The summed E-state index contributed by atoms with van der Waals surface area (Å²) in [6.07, 6.45) is 0.145. The lowest BCUT2D eigenvalue weighted by Gasteiger charge is -2.12. The van der Waals surface area contributed by atoms with Crippen LogP contribution in [0.1, 0.15) is 29.2 Å². The van der Waals surface area contributed by atoms with Crippen molar-refractivity contribution in [1.29, 1.82) is 0 Å². The molecule has 0 fully saturated rings. The number of halogens is 2. The lowest BCUT2D eigenvalue weighted by molar-refractivity contribution is -0.147. The number of alkyl halides is 2. The van der Waals surface area contributed by atoms with E-state index < -0.39 is 12.1 Å². The smallest absolute Gasteiger partial charge is 0.337 e. The van der Waals surface area contributed by atoms with Crippen LogP contribution in [0.15, 0.2) is 18.2 Å². The second kappa shape index (κ2) is 6.84. The van der Waals surface area contributed by atoms with E-state index in [0.29, 0.717) is 17.0 Å². The number of aliphatic carboxylic acids is 1. The van der Waals surface area contributed by atoms with Gasteiger partial charge in [-0.15, -0.1) is 23.2 Å². The second-order valence-corrected chi connectivity index (χ2v) is 4.35. The van der Waals surface area contributed by atoms with Gasteiger partial charge in [0.1, 0.15) is 0 Å². The minimum Gasteiger partial charge on any atom is -0.479 e. The molecule has 5 heteroatoms. The Hall–Kier alpha value is -0.770. The first-order chi connectivity index (χ1) is 8.10. The summed E-state index contributed by atoms with van der Waals surface area (Å²) in [6, 6.07) is 5.23. The molecule has 1 aromatic rings. The quantitative estimate of drug-likeness (QED) is 0.786. The van der Waals surface area contributed by atoms with Gasteiger partial charge in [-0.25, -0.2) is 4.79 Å². The highest BCUT2D eigenvalue weighted by molar-refractivity contribution is 6.17. The molecular formula is C12H14Cl2O3. The number of aryl methyl sites for hydroxylation is 1. The molecule has 0 bridgehead atoms. The number of benzene rings is 1. The van der Waals surface area contributed by atoms with Gasteiger partial charge in [0.2, 0.25) is 0 Å². The molecule has 0 aliphatic carbocycles. The molecule has 0 spiro atoms. The summed E-state index contributed by atoms with van der Waals surface area (Å²) in [5.74, 6) is -0.519. The molecule has 17 heavy (non-hydrogen) atoms. The van der Waals surface area contributed by atoms with Crippen molar-refractivity contribution in [2.24, 2.45) is 0 Å². The van der Waals surface area contributed by atoms with Crippen LogP contribution in [0.4, 0.5) is 0 Å². The Kier molecular flexibility index (Phi) is 5.75. The highest BCUT2D eigenvalue weighted by atomic mass is 35.5. The van der Waals surface area contributed by atoms with E-state index in [9.17, 15) is 9.90 Å². The van der Waals surface area contributed by atoms with Gasteiger partial charge in [-0.1, -0.05) is 18.2 Å². The van der Waals surface area contributed by atoms with E-state index in [1.165, 1.54) is 0 Å². The van der Waals surface area contributed by atoms with Crippen molar-refractivity contribution in [2.45, 2.75) is 24.8 Å². The minimum atomic E-state index is -1.52. The molecule has 0 radical (unpaired) electrons. The molecule has 0 amide bonds. The number of carboxylic acid groups (broad SMARTS) is 1. The second-order valence-electron chi connectivity index (χ2n) is 3.70. The zero-order valence-corrected chi connectivity index (χ0v) is 10.7. The molecular weight excluding hydrogens is 263 g/mol. The van der Waals surface area contributed by atoms with E-state index in [2.05, 4.69) is 0 Å². The standard InChI is InChI=1S/C12H14Cl2O3/c13-5-1-2-8-3-4-10(9(6-8)7-14)11(15)12(16)17/h3-4,6,11,15H,1-2,5,7H2,(H,16,17). The average molecular weight is 277 g/mol. The normalized spacial score (nSPS) is 12.4. The number of carbonyl (C=O) groups is 1. The minimum absolute atomic E-state index is 0.175. The van der Waals surface area contributed by atoms with Crippen LogP contribution in [0.5, 0.6) is 0 Å². The number of hydrogen-bond acceptors (Lipinski definition) is 2. The third kappa shape index (κ3) is 3.87. The van der Waals surface area contributed by atoms with Gasteiger partial charge >= 0.3 is 5.97 Å². The van der Waals surface area contributed by atoms with Gasteiger partial charge in [-0.3, -0.25) is 0 Å². The summed E-state index contributed by atoms with van der Waals surface area (Å²) in [7, 11) is 0. The lowest BCUT2D eigenvalue weighted by Crippen LogP contribution is -2.12. The third-order valence-corrected chi connectivity index (χ3v) is 3.03. The molecule has 0 heterocycles. The Bertz CT molecular complexity index is 393. The molecule has 0 aromatic heterocycles. The molecule has 1 aromatic carbocycles. The van der Waals surface area contributed by atoms with Crippen molar-refractivity contribution >= 4 is 29.2 Å². The summed E-state index contributed by atoms with van der Waals surface area (Å²) in [5.41, 5.74) is 2.04. The van der Waals surface area contributed by atoms with Gasteiger partial charge in [0.25, 0.3) is 0 Å². The summed E-state index contributed by atoms with van der Waals surface area (Å²) in [5, 5.41) is 18.3. The van der Waals surface area contributed by atoms with Crippen molar-refractivity contribution in [2.75, 3.05) is 5.88 Å². The highest BCUT2D eigenvalue weighted by Gasteiger charge is 2.19. The van der Waals surface area contributed by atoms with Crippen LogP contribution < -0.4 is 0 Å². The molecule has 1 atom stereocenters. The highest BCUT2D eigenvalue weighted by Crippen LogP contribution is 2.22. The predicted octanol–water partition coefficient (Wildman–Crippen LogP) is 2.71. The molecule has 94 valence electrons. The number of aliphatic hydroxyl groups is 1. The van der Waals surface area contributed by atoms with E-state index in [0.717, 1.165) is 18.4 Å². The van der Waals surface area contributed by atoms with Crippen molar-refractivity contribution in [3.8, 4) is 0 Å². The number of aliphatic hydroxyl groups excluding tert-OH is 1. The van der Waals surface area contributed by atoms with E-state index in [1.54, 1.807) is 12.1 Å². The topological polar surface area (TPSA) is 57.5 Å². The first-order valence-electron chi connectivity index (χ1n) is 5.24. The maximum absolute atomic E-state index is 10.7. The molecule has 0 aliphatic rings. The summed E-state index contributed by atoms with van der Waals surface area (Å²) in [6.45, 7) is 0. The Morgan fingerprint density at radius 1 is 1.35 bits per heavy atom. The largest absolute Gasteiger partial charge is 0.479 e. The first-order valence-corrected chi connectivity index (χ1v) is 6.31. The molecule has 0 saturated heterocycles. The van der Waals surface area contributed by atoms with Gasteiger partial charge in [0.05, 0.1) is 0 Å². The van der Waals surface area contributed by atoms with Crippen molar-refractivity contribution < 1.29 is 15.0 Å². The Balaban J connectivity index is 2.96. The van der Waals surface area contributed by atoms with Crippen LogP contribution >= 0.6 is 23.2 Å². The van der Waals surface area contributed by atoms with Gasteiger partial charge in [-0.2, -0.15) is 0 Å². The third-order valence-electron chi connectivity index (χ3n) is 2.48. The number of hydrogen-bond donors (Lipinski definition) is 2. The average Bonchev–Trinajstić information content (AvgIpc) is 2.34. The fourth-order valence-electron chi connectivity index (χ4n) is 1.60. The predicted molar refractivity (Wildman–Crippen MR) is 67.6 cm³/mol. The Labute approximate surface area is 110 Å². The van der Waals surface area contributed by atoms with Gasteiger partial charge in [0.15, 0.2) is 6.10 Å². The van der Waals surface area contributed by atoms with Crippen LogP contribution in [0.25, 0.3) is 0 Å². The maximum atomic E-state index is 10.7. The van der Waals surface area contributed by atoms with Crippen molar-refractivity contribution in [1.82, 2.24) is 0 Å². The molecule has 3 nitrogen and oxygen atoms in total. The zero-order chi connectivity index (χ0) is 12.8. The Morgan fingerprint density at radius 3 is 2.59 bits per heavy atom. The Morgan fingerprint density at radius 2 is 2.06 bits per heavy atom. The van der Waals surface area contributed by atoms with Crippen molar-refractivity contribution in [3.05, 3.63) is 34.9 Å². The van der Waals surface area contributed by atoms with Crippen LogP contribution in [0.2, 0.25) is 0 Å². The van der Waals surface area contributed by atoms with Gasteiger partial charge in [0, 0.05) is 11.8 Å². The van der Waals surface area contributed by atoms with Gasteiger partial charge < -0.3 is 10.2 Å². The molecule has 1 unspecified atom stereocenters.